The van der Waals surface area contributed by atoms with Gasteiger partial charge in [-0.2, -0.15) is 8.42 Å². The van der Waals surface area contributed by atoms with Crippen molar-refractivity contribution in [2.45, 2.75) is 63.9 Å². The molecule has 1 unspecified atom stereocenters. The minimum atomic E-state index is -3.68. The van der Waals surface area contributed by atoms with Gasteiger partial charge in [-0.25, -0.2) is 0 Å². The number of aryl methyl sites for hydroxylation is 1. The fourth-order valence-corrected chi connectivity index (χ4v) is 3.58. The van der Waals surface area contributed by atoms with Crippen LogP contribution in [0.1, 0.15) is 51.5 Å². The standard InChI is InChI=1S/C18H28O3S/c1-5-8-9-16(6-2)14-17(7-3)21-22(19,20)18-12-10-15(4)11-13-18/h5,10-13,16-17H,1,6-9,14H2,2-4H3/t16?,17-/m0/s1. The van der Waals surface area contributed by atoms with Gasteiger partial charge >= 0.3 is 0 Å². The summed E-state index contributed by atoms with van der Waals surface area (Å²) in [6.07, 6.45) is 6.12. The summed E-state index contributed by atoms with van der Waals surface area (Å²) in [6.45, 7) is 9.78. The van der Waals surface area contributed by atoms with Crippen molar-refractivity contribution in [3.05, 3.63) is 42.5 Å². The molecule has 0 aliphatic heterocycles. The molecule has 22 heavy (non-hydrogen) atoms. The molecule has 0 aliphatic rings. The molecule has 0 radical (unpaired) electrons. The summed E-state index contributed by atoms with van der Waals surface area (Å²) in [5.41, 5.74) is 1.03. The number of allylic oxidation sites excluding steroid dienone is 1. The van der Waals surface area contributed by atoms with Crippen LogP contribution < -0.4 is 0 Å². The first kappa shape index (κ1) is 18.9. The van der Waals surface area contributed by atoms with Gasteiger partial charge in [0.05, 0.1) is 11.0 Å². The van der Waals surface area contributed by atoms with Crippen molar-refractivity contribution in [2.24, 2.45) is 5.92 Å². The molecule has 0 N–H and O–H groups in total. The Morgan fingerprint density at radius 1 is 1.18 bits per heavy atom. The van der Waals surface area contributed by atoms with Crippen molar-refractivity contribution >= 4 is 10.1 Å². The normalized spacial score (nSPS) is 14.5. The Kier molecular flexibility index (Phi) is 7.83. The van der Waals surface area contributed by atoms with Gasteiger partial charge in [0.15, 0.2) is 0 Å². The molecule has 0 heterocycles. The summed E-state index contributed by atoms with van der Waals surface area (Å²) in [6, 6.07) is 6.78. The quantitative estimate of drug-likeness (QED) is 0.456. The molecular weight excluding hydrogens is 296 g/mol. The Morgan fingerprint density at radius 2 is 1.82 bits per heavy atom. The Bertz CT molecular complexity index is 546. The van der Waals surface area contributed by atoms with Crippen LogP contribution in [0.3, 0.4) is 0 Å². The van der Waals surface area contributed by atoms with Gasteiger partial charge in [-0.05, 0) is 50.7 Å². The van der Waals surface area contributed by atoms with Crippen LogP contribution in [0, 0.1) is 12.8 Å². The van der Waals surface area contributed by atoms with Crippen molar-refractivity contribution in [1.82, 2.24) is 0 Å². The summed E-state index contributed by atoms with van der Waals surface area (Å²) >= 11 is 0. The van der Waals surface area contributed by atoms with E-state index in [2.05, 4.69) is 13.5 Å². The maximum atomic E-state index is 12.4. The van der Waals surface area contributed by atoms with Gasteiger partial charge < -0.3 is 0 Å². The highest BCUT2D eigenvalue weighted by Gasteiger charge is 2.23. The molecule has 2 atom stereocenters. The maximum Gasteiger partial charge on any atom is 0.297 e. The van der Waals surface area contributed by atoms with Crippen molar-refractivity contribution in [1.29, 1.82) is 0 Å². The molecule has 0 saturated heterocycles. The summed E-state index contributed by atoms with van der Waals surface area (Å²) in [4.78, 5) is 0.232. The Morgan fingerprint density at radius 3 is 2.32 bits per heavy atom. The number of hydrogen-bond acceptors (Lipinski definition) is 3. The van der Waals surface area contributed by atoms with E-state index in [1.54, 1.807) is 24.3 Å². The highest BCUT2D eigenvalue weighted by Crippen LogP contribution is 2.24. The molecule has 1 aromatic rings. The van der Waals surface area contributed by atoms with Crippen molar-refractivity contribution in [2.75, 3.05) is 0 Å². The van der Waals surface area contributed by atoms with Crippen molar-refractivity contribution < 1.29 is 12.6 Å². The minimum absolute atomic E-state index is 0.232. The van der Waals surface area contributed by atoms with Crippen LogP contribution in [0.15, 0.2) is 41.8 Å². The topological polar surface area (TPSA) is 43.4 Å². The predicted molar refractivity (Wildman–Crippen MR) is 91.4 cm³/mol. The van der Waals surface area contributed by atoms with Crippen LogP contribution in [0.25, 0.3) is 0 Å². The summed E-state index contributed by atoms with van der Waals surface area (Å²) in [7, 11) is -3.68. The first-order valence-electron chi connectivity index (χ1n) is 8.03. The monoisotopic (exact) mass is 324 g/mol. The van der Waals surface area contributed by atoms with E-state index < -0.39 is 10.1 Å². The maximum absolute atomic E-state index is 12.4. The SMILES string of the molecule is C=CCCC(CC)C[C@H](CC)OS(=O)(=O)c1ccc(C)cc1. The molecular formula is C18H28O3S. The lowest BCUT2D eigenvalue weighted by Crippen LogP contribution is -2.21. The van der Waals surface area contributed by atoms with E-state index in [-0.39, 0.29) is 11.0 Å². The van der Waals surface area contributed by atoms with E-state index in [4.69, 9.17) is 4.18 Å². The highest BCUT2D eigenvalue weighted by molar-refractivity contribution is 7.86. The zero-order chi connectivity index (χ0) is 16.6. The molecule has 0 fully saturated rings. The molecule has 1 rings (SSSR count). The Balaban J connectivity index is 2.75. The second-order valence-corrected chi connectivity index (χ2v) is 7.34. The van der Waals surface area contributed by atoms with Crippen LogP contribution in [0.4, 0.5) is 0 Å². The van der Waals surface area contributed by atoms with E-state index >= 15 is 0 Å². The second kappa shape index (κ2) is 9.11. The molecule has 4 heteroatoms. The molecule has 0 bridgehead atoms. The van der Waals surface area contributed by atoms with E-state index in [9.17, 15) is 8.42 Å². The largest absolute Gasteiger partial charge is 0.297 e. The average molecular weight is 324 g/mol. The fourth-order valence-electron chi connectivity index (χ4n) is 2.43. The third-order valence-corrected chi connectivity index (χ3v) is 5.36. The zero-order valence-corrected chi connectivity index (χ0v) is 14.7. The van der Waals surface area contributed by atoms with E-state index in [1.165, 1.54) is 0 Å². The molecule has 1 aromatic carbocycles. The lowest BCUT2D eigenvalue weighted by molar-refractivity contribution is 0.165. The van der Waals surface area contributed by atoms with Gasteiger partial charge in [-0.1, -0.05) is 44.0 Å². The van der Waals surface area contributed by atoms with E-state index in [1.807, 2.05) is 19.9 Å². The molecule has 0 aromatic heterocycles. The van der Waals surface area contributed by atoms with E-state index in [0.29, 0.717) is 12.3 Å². The van der Waals surface area contributed by atoms with Crippen molar-refractivity contribution in [3.8, 4) is 0 Å². The third-order valence-electron chi connectivity index (χ3n) is 3.98. The zero-order valence-electron chi connectivity index (χ0n) is 13.9. The Labute approximate surface area is 135 Å². The van der Waals surface area contributed by atoms with Gasteiger partial charge in [-0.3, -0.25) is 4.18 Å². The fraction of sp³-hybridized carbons (Fsp3) is 0.556. The summed E-state index contributed by atoms with van der Waals surface area (Å²) in [5.74, 6) is 0.469. The van der Waals surface area contributed by atoms with Gasteiger partial charge in [-0.15, -0.1) is 6.58 Å². The first-order chi connectivity index (χ1) is 10.4. The smallest absolute Gasteiger partial charge is 0.263 e. The Hall–Kier alpha value is -1.13. The molecule has 0 aliphatic carbocycles. The number of rotatable bonds is 10. The molecule has 0 amide bonds. The second-order valence-electron chi connectivity index (χ2n) is 5.77. The molecule has 0 spiro atoms. The lowest BCUT2D eigenvalue weighted by Gasteiger charge is -2.21. The van der Waals surface area contributed by atoms with Crippen LogP contribution in [-0.2, 0) is 14.3 Å². The van der Waals surface area contributed by atoms with Crippen molar-refractivity contribution in [3.63, 3.8) is 0 Å². The predicted octanol–water partition coefficient (Wildman–Crippen LogP) is 4.86. The van der Waals surface area contributed by atoms with Gasteiger partial charge in [0.25, 0.3) is 10.1 Å². The summed E-state index contributed by atoms with van der Waals surface area (Å²) < 4.78 is 30.2. The van der Waals surface area contributed by atoms with Crippen LogP contribution >= 0.6 is 0 Å². The third kappa shape index (κ3) is 5.93. The average Bonchev–Trinajstić information content (AvgIpc) is 2.50. The number of hydrogen-bond donors (Lipinski definition) is 0. The van der Waals surface area contributed by atoms with Crippen LogP contribution in [0.2, 0.25) is 0 Å². The minimum Gasteiger partial charge on any atom is -0.263 e. The molecule has 3 nitrogen and oxygen atoms in total. The number of benzene rings is 1. The van der Waals surface area contributed by atoms with Crippen LogP contribution in [0.5, 0.6) is 0 Å². The molecule has 0 saturated carbocycles. The lowest BCUT2D eigenvalue weighted by atomic mass is 9.93. The molecule has 124 valence electrons. The van der Waals surface area contributed by atoms with Gasteiger partial charge in [0, 0.05) is 0 Å². The highest BCUT2D eigenvalue weighted by atomic mass is 32.2. The van der Waals surface area contributed by atoms with Gasteiger partial charge in [0.1, 0.15) is 0 Å². The van der Waals surface area contributed by atoms with Crippen LogP contribution in [-0.4, -0.2) is 14.5 Å². The first-order valence-corrected chi connectivity index (χ1v) is 9.44. The summed E-state index contributed by atoms with van der Waals surface area (Å²) in [5, 5.41) is 0. The van der Waals surface area contributed by atoms with E-state index in [0.717, 1.165) is 31.2 Å². The van der Waals surface area contributed by atoms with Gasteiger partial charge in [0.2, 0.25) is 0 Å².